The van der Waals surface area contributed by atoms with E-state index in [1.807, 2.05) is 18.2 Å². The molecule has 0 aliphatic heterocycles. The van der Waals surface area contributed by atoms with E-state index in [1.165, 1.54) is 16.7 Å². The Labute approximate surface area is 260 Å². The Morgan fingerprint density at radius 3 is 2.32 bits per heavy atom. The smallest absolute Gasteiger partial charge is 0.508 e. The highest BCUT2D eigenvalue weighted by atomic mass is 31.2. The number of hydrogen-bond acceptors (Lipinski definition) is 5. The van der Waals surface area contributed by atoms with E-state index in [1.54, 1.807) is 12.1 Å². The van der Waals surface area contributed by atoms with Gasteiger partial charge >= 0.3 is 7.82 Å². The number of aliphatic hydroxyl groups is 2. The summed E-state index contributed by atoms with van der Waals surface area (Å²) in [5, 5.41) is 35.0. The average molecular weight is 623 g/mol. The molecular formula is C36H47O7P. The molecule has 0 bridgehead atoms. The van der Waals surface area contributed by atoms with E-state index in [0.29, 0.717) is 41.9 Å². The van der Waals surface area contributed by atoms with Gasteiger partial charge in [-0.15, -0.1) is 0 Å². The lowest BCUT2D eigenvalue weighted by molar-refractivity contribution is -0.110. The maximum absolute atomic E-state index is 13.1. The Bertz CT molecular complexity index is 1550. The molecule has 0 heterocycles. The molecule has 2 aromatic rings. The Kier molecular flexibility index (Phi) is 6.58. The van der Waals surface area contributed by atoms with Gasteiger partial charge in [0.05, 0.1) is 11.7 Å². The number of benzene rings is 2. The lowest BCUT2D eigenvalue weighted by atomic mass is 9.51. The van der Waals surface area contributed by atoms with Gasteiger partial charge in [0.15, 0.2) is 0 Å². The zero-order valence-corrected chi connectivity index (χ0v) is 26.8. The number of aromatic hydroxyl groups is 1. The fourth-order valence-electron chi connectivity index (χ4n) is 12.2. The molecule has 0 saturated heterocycles. The topological polar surface area (TPSA) is 127 Å². The van der Waals surface area contributed by atoms with E-state index in [-0.39, 0.29) is 28.4 Å². The maximum Gasteiger partial charge on any atom is 0.524 e. The fourth-order valence-corrected chi connectivity index (χ4v) is 12.6. The molecule has 0 radical (unpaired) electrons. The molecule has 8 rings (SSSR count). The highest BCUT2D eigenvalue weighted by molar-refractivity contribution is 7.46. The van der Waals surface area contributed by atoms with Crippen LogP contribution in [0.1, 0.15) is 118 Å². The summed E-state index contributed by atoms with van der Waals surface area (Å²) in [6.45, 7) is 4.62. The van der Waals surface area contributed by atoms with Crippen LogP contribution in [-0.4, -0.2) is 31.2 Å². The third-order valence-corrected chi connectivity index (χ3v) is 14.7. The van der Waals surface area contributed by atoms with Crippen molar-refractivity contribution in [3.63, 3.8) is 0 Å². The van der Waals surface area contributed by atoms with Gasteiger partial charge in [-0.2, -0.15) is 0 Å². The predicted molar refractivity (Wildman–Crippen MR) is 166 cm³/mol. The van der Waals surface area contributed by atoms with Crippen LogP contribution < -0.4 is 4.52 Å². The first-order valence-corrected chi connectivity index (χ1v) is 18.5. The Balaban J connectivity index is 1.14. The molecule has 0 spiro atoms. The largest absolute Gasteiger partial charge is 0.524 e. The van der Waals surface area contributed by atoms with Crippen LogP contribution in [0.4, 0.5) is 0 Å². The number of phosphoric acid groups is 1. The number of aliphatic hydroxyl groups excluding tert-OH is 1. The molecule has 5 N–H and O–H groups in total. The molecule has 0 unspecified atom stereocenters. The molecule has 238 valence electrons. The molecular weight excluding hydrogens is 575 g/mol. The summed E-state index contributed by atoms with van der Waals surface area (Å²) in [5.74, 6) is 3.01. The zero-order chi connectivity index (χ0) is 30.8. The predicted octanol–water partition coefficient (Wildman–Crippen LogP) is 6.82. The minimum Gasteiger partial charge on any atom is -0.508 e. The number of hydrogen-bond donors (Lipinski definition) is 5. The summed E-state index contributed by atoms with van der Waals surface area (Å²) in [4.78, 5) is 18.6. The lowest BCUT2D eigenvalue weighted by Gasteiger charge is -2.55. The normalized spacial score (nSPS) is 42.4. The summed E-state index contributed by atoms with van der Waals surface area (Å²) >= 11 is 0. The van der Waals surface area contributed by atoms with Crippen LogP contribution in [0.3, 0.4) is 0 Å². The molecule has 4 saturated carbocycles. The Hall–Kier alpha value is -1.89. The maximum atomic E-state index is 13.1. The number of fused-ring (bicyclic) bond motifs is 10. The van der Waals surface area contributed by atoms with Crippen LogP contribution in [-0.2, 0) is 23.0 Å². The molecule has 0 aromatic heterocycles. The second-order valence-corrected chi connectivity index (χ2v) is 17.0. The Morgan fingerprint density at radius 1 is 0.818 bits per heavy atom. The van der Waals surface area contributed by atoms with Gasteiger partial charge in [-0.1, -0.05) is 19.9 Å². The molecule has 6 aliphatic rings. The molecule has 0 amide bonds. The van der Waals surface area contributed by atoms with E-state index in [2.05, 4.69) is 13.8 Å². The van der Waals surface area contributed by atoms with Crippen molar-refractivity contribution in [3.8, 4) is 11.5 Å². The van der Waals surface area contributed by atoms with Crippen LogP contribution in [0.2, 0.25) is 0 Å². The van der Waals surface area contributed by atoms with Crippen LogP contribution in [0.15, 0.2) is 30.3 Å². The summed E-state index contributed by atoms with van der Waals surface area (Å²) in [7, 11) is -4.61. The highest BCUT2D eigenvalue weighted by Crippen LogP contribution is 2.69. The number of phenols is 1. The van der Waals surface area contributed by atoms with Crippen molar-refractivity contribution >= 4 is 7.82 Å². The van der Waals surface area contributed by atoms with E-state index in [9.17, 15) is 29.7 Å². The minimum atomic E-state index is -4.61. The lowest BCUT2D eigenvalue weighted by Crippen LogP contribution is -2.50. The number of rotatable bonds is 3. The van der Waals surface area contributed by atoms with Crippen molar-refractivity contribution in [3.05, 3.63) is 58.1 Å². The average Bonchev–Trinajstić information content (AvgIpc) is 3.43. The van der Waals surface area contributed by atoms with E-state index in [0.717, 1.165) is 81.8 Å². The SMILES string of the molecule is C[C@]12CC[C@@H]3c4c(cc(O)cc4[C@]4(O)CC[C@H]5[C@@H]6CCc7cc(OP(=O)(O)O)ccc7[C@H]6CC[C@@]54C)CC[C@H]3[C@@H]1CC[C@H]2O. The van der Waals surface area contributed by atoms with Gasteiger partial charge in [0, 0.05) is 5.41 Å². The summed E-state index contributed by atoms with van der Waals surface area (Å²) in [6, 6.07) is 9.37. The van der Waals surface area contributed by atoms with Crippen LogP contribution in [0.5, 0.6) is 11.5 Å². The summed E-state index contributed by atoms with van der Waals surface area (Å²) in [6.07, 6.45) is 11.1. The standard InChI is InChI=1S/C36H47O7P/c1-34-14-11-28-27(29(34)9-10-32(34)38)7-4-21-17-22(37)19-31(33(21)28)36(39)16-13-30-26-6-3-20-18-23(43-44(40,41)42)5-8-24(20)25(26)12-15-35(30,36)2/h5,8,17-19,25-30,32,37-39H,3-4,6-7,9-16H2,1-2H3,(H2,40,41,42)/t25-,26-,27-,28+,29+,30+,32-,34+,35+,36-/m1/s1. The van der Waals surface area contributed by atoms with Crippen LogP contribution >= 0.6 is 7.82 Å². The number of phosphoric ester groups is 1. The third-order valence-electron chi connectivity index (χ3n) is 14.3. The van der Waals surface area contributed by atoms with Gasteiger partial charge < -0.3 is 19.8 Å². The van der Waals surface area contributed by atoms with Crippen molar-refractivity contribution in [2.45, 2.75) is 114 Å². The van der Waals surface area contributed by atoms with Crippen LogP contribution in [0.25, 0.3) is 0 Å². The van der Waals surface area contributed by atoms with Crippen LogP contribution in [0, 0.1) is 34.5 Å². The molecule has 6 aliphatic carbocycles. The molecule has 4 fully saturated rings. The second kappa shape index (κ2) is 9.81. The molecule has 10 atom stereocenters. The van der Waals surface area contributed by atoms with Gasteiger partial charge in [0.2, 0.25) is 0 Å². The van der Waals surface area contributed by atoms with Gasteiger partial charge in [-0.25, -0.2) is 4.57 Å². The molecule has 2 aromatic carbocycles. The van der Waals surface area contributed by atoms with E-state index < -0.39 is 13.4 Å². The zero-order valence-electron chi connectivity index (χ0n) is 25.9. The molecule has 7 nitrogen and oxygen atoms in total. The quantitative estimate of drug-likeness (QED) is 0.238. The van der Waals surface area contributed by atoms with Gasteiger partial charge in [-0.3, -0.25) is 9.79 Å². The first-order valence-electron chi connectivity index (χ1n) is 17.0. The molecule has 8 heteroatoms. The van der Waals surface area contributed by atoms with Crippen molar-refractivity contribution < 1.29 is 34.2 Å². The van der Waals surface area contributed by atoms with Gasteiger partial charge in [0.1, 0.15) is 11.5 Å². The first kappa shape index (κ1) is 29.5. The monoisotopic (exact) mass is 622 g/mol. The highest BCUT2D eigenvalue weighted by Gasteiger charge is 2.64. The first-order chi connectivity index (χ1) is 20.8. The van der Waals surface area contributed by atoms with Crippen molar-refractivity contribution in [1.29, 1.82) is 0 Å². The summed E-state index contributed by atoms with van der Waals surface area (Å²) in [5.41, 5.74) is 4.58. The number of aryl methyl sites for hydroxylation is 2. The number of phenolic OH excluding ortho intramolecular Hbond substituents is 1. The van der Waals surface area contributed by atoms with E-state index in [4.69, 9.17) is 4.52 Å². The van der Waals surface area contributed by atoms with E-state index >= 15 is 0 Å². The Morgan fingerprint density at radius 2 is 1.55 bits per heavy atom. The van der Waals surface area contributed by atoms with Crippen molar-refractivity contribution in [2.75, 3.05) is 0 Å². The van der Waals surface area contributed by atoms with Gasteiger partial charge in [0.25, 0.3) is 0 Å². The minimum absolute atomic E-state index is 0.00448. The third kappa shape index (κ3) is 4.11. The summed E-state index contributed by atoms with van der Waals surface area (Å²) < 4.78 is 16.3. The van der Waals surface area contributed by atoms with Crippen molar-refractivity contribution in [1.82, 2.24) is 0 Å². The van der Waals surface area contributed by atoms with Gasteiger partial charge in [-0.05, 0) is 170 Å². The second-order valence-electron chi connectivity index (χ2n) is 15.8. The fraction of sp³-hybridized carbons (Fsp3) is 0.667. The molecule has 44 heavy (non-hydrogen) atoms. The van der Waals surface area contributed by atoms with Crippen molar-refractivity contribution in [2.24, 2.45) is 34.5 Å².